The second-order valence-electron chi connectivity index (χ2n) is 3.58. The third-order valence-electron chi connectivity index (χ3n) is 2.27. The van der Waals surface area contributed by atoms with Crippen molar-refractivity contribution in [3.05, 3.63) is 35.6 Å². The lowest BCUT2D eigenvalue weighted by molar-refractivity contribution is 0.627. The van der Waals surface area contributed by atoms with Gasteiger partial charge in [0, 0.05) is 5.25 Å². The average Bonchev–Trinajstić information content (AvgIpc) is 2.78. The Morgan fingerprint density at radius 2 is 1.89 bits per heavy atom. The van der Waals surface area contributed by atoms with Crippen molar-refractivity contribution in [1.82, 2.24) is 10.2 Å². The SMILES string of the molecule is CCSc1nnc(SC(C)c2ccc(F)cc2)s1. The zero-order valence-electron chi connectivity index (χ0n) is 10.1. The molecule has 6 heteroatoms. The molecule has 0 amide bonds. The van der Waals surface area contributed by atoms with E-state index in [4.69, 9.17) is 0 Å². The van der Waals surface area contributed by atoms with Crippen molar-refractivity contribution < 1.29 is 4.39 Å². The van der Waals surface area contributed by atoms with Gasteiger partial charge in [0.2, 0.25) is 0 Å². The van der Waals surface area contributed by atoms with Gasteiger partial charge in [0.15, 0.2) is 8.68 Å². The molecule has 1 aromatic carbocycles. The smallest absolute Gasteiger partial charge is 0.175 e. The summed E-state index contributed by atoms with van der Waals surface area (Å²) in [7, 11) is 0. The van der Waals surface area contributed by atoms with Gasteiger partial charge >= 0.3 is 0 Å². The lowest BCUT2D eigenvalue weighted by Gasteiger charge is -2.08. The topological polar surface area (TPSA) is 25.8 Å². The predicted octanol–water partition coefficient (Wildman–Crippen LogP) is 4.64. The van der Waals surface area contributed by atoms with Crippen LogP contribution in [0.5, 0.6) is 0 Å². The van der Waals surface area contributed by atoms with Crippen LogP contribution in [0.4, 0.5) is 4.39 Å². The van der Waals surface area contributed by atoms with E-state index in [1.807, 2.05) is 12.1 Å². The van der Waals surface area contributed by atoms with Crippen LogP contribution < -0.4 is 0 Å². The maximum Gasteiger partial charge on any atom is 0.175 e. The molecule has 0 bridgehead atoms. The Kier molecular flexibility index (Phi) is 5.03. The summed E-state index contributed by atoms with van der Waals surface area (Å²) in [6.45, 7) is 4.19. The van der Waals surface area contributed by atoms with Crippen LogP contribution in [0, 0.1) is 5.82 Å². The highest BCUT2D eigenvalue weighted by molar-refractivity contribution is 8.03. The molecule has 1 heterocycles. The van der Waals surface area contributed by atoms with E-state index in [0.717, 1.165) is 20.0 Å². The van der Waals surface area contributed by atoms with Gasteiger partial charge in [-0.1, -0.05) is 53.9 Å². The van der Waals surface area contributed by atoms with Gasteiger partial charge in [-0.15, -0.1) is 10.2 Å². The zero-order chi connectivity index (χ0) is 13.0. The first-order chi connectivity index (χ1) is 8.69. The number of aromatic nitrogens is 2. The highest BCUT2D eigenvalue weighted by Crippen LogP contribution is 2.37. The molecule has 1 aromatic heterocycles. The summed E-state index contributed by atoms with van der Waals surface area (Å²) in [5.41, 5.74) is 1.10. The summed E-state index contributed by atoms with van der Waals surface area (Å²) < 4.78 is 14.8. The number of hydrogen-bond acceptors (Lipinski definition) is 5. The molecule has 18 heavy (non-hydrogen) atoms. The van der Waals surface area contributed by atoms with Crippen LogP contribution in [0.1, 0.15) is 24.7 Å². The van der Waals surface area contributed by atoms with Crippen molar-refractivity contribution in [1.29, 1.82) is 0 Å². The van der Waals surface area contributed by atoms with Gasteiger partial charge in [0.05, 0.1) is 0 Å². The Labute approximate surface area is 118 Å². The molecule has 0 aliphatic heterocycles. The van der Waals surface area contributed by atoms with Crippen LogP contribution >= 0.6 is 34.9 Å². The van der Waals surface area contributed by atoms with Gasteiger partial charge in [0.25, 0.3) is 0 Å². The fraction of sp³-hybridized carbons (Fsp3) is 0.333. The minimum Gasteiger partial charge on any atom is -0.207 e. The van der Waals surface area contributed by atoms with Gasteiger partial charge in [-0.3, -0.25) is 0 Å². The van der Waals surface area contributed by atoms with E-state index in [9.17, 15) is 4.39 Å². The summed E-state index contributed by atoms with van der Waals surface area (Å²) in [4.78, 5) is 0. The minimum atomic E-state index is -0.200. The monoisotopic (exact) mass is 300 g/mol. The van der Waals surface area contributed by atoms with Gasteiger partial charge < -0.3 is 0 Å². The first-order valence-electron chi connectivity index (χ1n) is 5.57. The van der Waals surface area contributed by atoms with E-state index >= 15 is 0 Å². The third-order valence-corrected chi connectivity index (χ3v) is 5.45. The van der Waals surface area contributed by atoms with E-state index in [2.05, 4.69) is 24.0 Å². The third kappa shape index (κ3) is 3.70. The molecule has 2 rings (SSSR count). The van der Waals surface area contributed by atoms with E-state index in [1.165, 1.54) is 12.1 Å². The molecule has 0 aliphatic carbocycles. The Hall–Kier alpha value is -0.590. The summed E-state index contributed by atoms with van der Waals surface area (Å²) in [5, 5.41) is 8.52. The van der Waals surface area contributed by atoms with Crippen LogP contribution in [0.15, 0.2) is 32.9 Å². The van der Waals surface area contributed by atoms with E-state index in [1.54, 1.807) is 34.9 Å². The molecule has 0 saturated carbocycles. The largest absolute Gasteiger partial charge is 0.207 e. The summed E-state index contributed by atoms with van der Waals surface area (Å²) >= 11 is 4.97. The number of thioether (sulfide) groups is 2. The van der Waals surface area contributed by atoms with Crippen LogP contribution in [0.3, 0.4) is 0 Å². The van der Waals surface area contributed by atoms with E-state index in [0.29, 0.717) is 0 Å². The molecule has 2 aromatic rings. The Balaban J connectivity index is 2.01. The first-order valence-corrected chi connectivity index (χ1v) is 8.25. The molecule has 0 aliphatic rings. The fourth-order valence-corrected chi connectivity index (χ4v) is 4.57. The number of nitrogens with zero attached hydrogens (tertiary/aromatic N) is 2. The van der Waals surface area contributed by atoms with Crippen molar-refractivity contribution in [3.63, 3.8) is 0 Å². The second kappa shape index (κ2) is 6.54. The number of halogens is 1. The first kappa shape index (κ1) is 13.8. The lowest BCUT2D eigenvalue weighted by Crippen LogP contribution is -1.88. The van der Waals surface area contributed by atoms with Crippen LogP contribution in [-0.4, -0.2) is 16.0 Å². The maximum absolute atomic E-state index is 12.8. The Morgan fingerprint density at radius 3 is 2.56 bits per heavy atom. The summed E-state index contributed by atoms with van der Waals surface area (Å²) in [6.07, 6.45) is 0. The lowest BCUT2D eigenvalue weighted by atomic mass is 10.2. The van der Waals surface area contributed by atoms with Crippen molar-refractivity contribution in [2.24, 2.45) is 0 Å². The van der Waals surface area contributed by atoms with Gasteiger partial charge in [-0.2, -0.15) is 0 Å². The molecule has 0 N–H and O–H groups in total. The average molecular weight is 300 g/mol. The molecular formula is C12H13FN2S3. The molecule has 0 fully saturated rings. The highest BCUT2D eigenvalue weighted by atomic mass is 32.2. The van der Waals surface area contributed by atoms with Crippen molar-refractivity contribution >= 4 is 34.9 Å². The predicted molar refractivity (Wildman–Crippen MR) is 77.0 cm³/mol. The van der Waals surface area contributed by atoms with Gasteiger partial charge in [0.1, 0.15) is 5.82 Å². The fourth-order valence-electron chi connectivity index (χ4n) is 1.38. The van der Waals surface area contributed by atoms with Crippen molar-refractivity contribution in [3.8, 4) is 0 Å². The van der Waals surface area contributed by atoms with Gasteiger partial charge in [-0.05, 0) is 30.4 Å². The number of hydrogen-bond donors (Lipinski definition) is 0. The number of benzene rings is 1. The van der Waals surface area contributed by atoms with Crippen molar-refractivity contribution in [2.75, 3.05) is 5.75 Å². The van der Waals surface area contributed by atoms with Crippen molar-refractivity contribution in [2.45, 2.75) is 27.8 Å². The minimum absolute atomic E-state index is 0.200. The zero-order valence-corrected chi connectivity index (χ0v) is 12.5. The maximum atomic E-state index is 12.8. The summed E-state index contributed by atoms with van der Waals surface area (Å²) in [5.74, 6) is 0.806. The summed E-state index contributed by atoms with van der Waals surface area (Å²) in [6, 6.07) is 6.61. The van der Waals surface area contributed by atoms with Crippen LogP contribution in [0.25, 0.3) is 0 Å². The quantitative estimate of drug-likeness (QED) is 0.751. The molecule has 0 spiro atoms. The Bertz CT molecular complexity index is 498. The molecule has 0 radical (unpaired) electrons. The molecule has 2 nitrogen and oxygen atoms in total. The molecule has 1 unspecified atom stereocenters. The second-order valence-corrected chi connectivity index (χ2v) is 7.66. The number of rotatable bonds is 5. The van der Waals surface area contributed by atoms with Gasteiger partial charge in [-0.25, -0.2) is 4.39 Å². The highest BCUT2D eigenvalue weighted by Gasteiger charge is 2.11. The van der Waals surface area contributed by atoms with Crippen LogP contribution in [0.2, 0.25) is 0 Å². The molecule has 0 saturated heterocycles. The molecular weight excluding hydrogens is 287 g/mol. The van der Waals surface area contributed by atoms with E-state index < -0.39 is 0 Å². The molecule has 1 atom stereocenters. The molecule has 96 valence electrons. The normalized spacial score (nSPS) is 12.6. The Morgan fingerprint density at radius 1 is 1.22 bits per heavy atom. The van der Waals surface area contributed by atoms with E-state index in [-0.39, 0.29) is 11.1 Å². The standard InChI is InChI=1S/C12H13FN2S3/c1-3-16-11-14-15-12(18-11)17-8(2)9-4-6-10(13)7-5-9/h4-8H,3H2,1-2H3. The van der Waals surface area contributed by atoms with Crippen LogP contribution in [-0.2, 0) is 0 Å².